The molecular formula is C17H13BrN2O. The summed E-state index contributed by atoms with van der Waals surface area (Å²) in [5.41, 5.74) is 3.92. The van der Waals surface area contributed by atoms with Crippen LogP contribution in [0, 0.1) is 0 Å². The van der Waals surface area contributed by atoms with Gasteiger partial charge in [-0.05, 0) is 40.5 Å². The van der Waals surface area contributed by atoms with Crippen LogP contribution in [0.3, 0.4) is 0 Å². The quantitative estimate of drug-likeness (QED) is 0.509. The van der Waals surface area contributed by atoms with Crippen molar-refractivity contribution < 1.29 is 4.42 Å². The summed E-state index contributed by atoms with van der Waals surface area (Å²) in [6.07, 6.45) is 4.93. The summed E-state index contributed by atoms with van der Waals surface area (Å²) in [7, 11) is 0. The number of fused-ring (bicyclic) bond motifs is 2. The number of para-hydroxylation sites is 1. The molecule has 104 valence electrons. The Balaban J connectivity index is 1.99. The zero-order chi connectivity index (χ0) is 14.4. The molecule has 1 aromatic carbocycles. The predicted octanol–water partition coefficient (Wildman–Crippen LogP) is 5.07. The van der Waals surface area contributed by atoms with E-state index in [0.717, 1.165) is 33.6 Å². The number of aromatic nitrogens is 2. The second-order valence-corrected chi connectivity index (χ2v) is 5.91. The van der Waals surface area contributed by atoms with Gasteiger partial charge in [-0.2, -0.15) is 0 Å². The van der Waals surface area contributed by atoms with Crippen molar-refractivity contribution in [1.29, 1.82) is 0 Å². The molecular weight excluding hydrogens is 328 g/mol. The van der Waals surface area contributed by atoms with Gasteiger partial charge in [-0.3, -0.25) is 0 Å². The average molecular weight is 341 g/mol. The van der Waals surface area contributed by atoms with Gasteiger partial charge in [-0.25, -0.2) is 4.98 Å². The molecule has 0 aliphatic carbocycles. The zero-order valence-corrected chi connectivity index (χ0v) is 13.1. The Hall–Kier alpha value is -2.07. The summed E-state index contributed by atoms with van der Waals surface area (Å²) < 4.78 is 9.08. The number of aryl methyl sites for hydroxylation is 1. The van der Waals surface area contributed by atoms with Crippen molar-refractivity contribution in [2.24, 2.45) is 0 Å². The minimum absolute atomic E-state index is 0.874. The van der Waals surface area contributed by atoms with Crippen LogP contribution in [0.15, 0.2) is 57.7 Å². The van der Waals surface area contributed by atoms with Gasteiger partial charge in [0.2, 0.25) is 0 Å². The fourth-order valence-electron chi connectivity index (χ4n) is 2.73. The Kier molecular flexibility index (Phi) is 2.86. The van der Waals surface area contributed by atoms with Crippen LogP contribution in [-0.4, -0.2) is 9.38 Å². The van der Waals surface area contributed by atoms with E-state index >= 15 is 0 Å². The third-order valence-electron chi connectivity index (χ3n) is 3.70. The van der Waals surface area contributed by atoms with E-state index in [1.165, 1.54) is 10.9 Å². The fourth-order valence-corrected chi connectivity index (χ4v) is 3.08. The summed E-state index contributed by atoms with van der Waals surface area (Å²) in [6.45, 7) is 2.15. The number of imidazole rings is 1. The molecule has 0 saturated heterocycles. The summed E-state index contributed by atoms with van der Waals surface area (Å²) in [4.78, 5) is 4.68. The van der Waals surface area contributed by atoms with Crippen molar-refractivity contribution in [3.8, 4) is 11.5 Å². The number of pyridine rings is 1. The summed E-state index contributed by atoms with van der Waals surface area (Å²) in [5, 5.41) is 1.17. The van der Waals surface area contributed by atoms with Gasteiger partial charge in [0.05, 0.1) is 0 Å². The second-order valence-electron chi connectivity index (χ2n) is 5.00. The molecule has 3 aromatic heterocycles. The van der Waals surface area contributed by atoms with Gasteiger partial charge in [0.15, 0.2) is 5.76 Å². The molecule has 0 N–H and O–H groups in total. The Morgan fingerprint density at radius 1 is 1.14 bits per heavy atom. The predicted molar refractivity (Wildman–Crippen MR) is 87.5 cm³/mol. The number of hydrogen-bond donors (Lipinski definition) is 0. The van der Waals surface area contributed by atoms with Crippen molar-refractivity contribution in [3.05, 3.63) is 58.8 Å². The van der Waals surface area contributed by atoms with Gasteiger partial charge >= 0.3 is 0 Å². The topological polar surface area (TPSA) is 30.4 Å². The van der Waals surface area contributed by atoms with Crippen LogP contribution in [0.1, 0.15) is 12.5 Å². The first-order chi connectivity index (χ1) is 10.3. The smallest absolute Gasteiger partial charge is 0.158 e. The van der Waals surface area contributed by atoms with Crippen molar-refractivity contribution in [2.45, 2.75) is 13.3 Å². The maximum Gasteiger partial charge on any atom is 0.158 e. The molecule has 0 aliphatic rings. The van der Waals surface area contributed by atoms with E-state index in [1.807, 2.05) is 47.1 Å². The Morgan fingerprint density at radius 2 is 2.00 bits per heavy atom. The number of furan rings is 1. The van der Waals surface area contributed by atoms with E-state index in [0.29, 0.717) is 0 Å². The lowest BCUT2D eigenvalue weighted by Gasteiger charge is -1.95. The lowest BCUT2D eigenvalue weighted by Crippen LogP contribution is -1.82. The molecule has 4 aromatic rings. The van der Waals surface area contributed by atoms with Crippen LogP contribution in [0.25, 0.3) is 28.1 Å². The Labute approximate surface area is 130 Å². The van der Waals surface area contributed by atoms with E-state index < -0.39 is 0 Å². The highest BCUT2D eigenvalue weighted by Crippen LogP contribution is 2.33. The first kappa shape index (κ1) is 12.7. The molecule has 3 heterocycles. The SMILES string of the molecule is CCc1c(-c2cn3cc(Br)ccc3n2)oc2ccccc12. The highest BCUT2D eigenvalue weighted by molar-refractivity contribution is 9.10. The summed E-state index contributed by atoms with van der Waals surface area (Å²) >= 11 is 3.48. The van der Waals surface area contributed by atoms with Gasteiger partial charge < -0.3 is 8.82 Å². The second kappa shape index (κ2) is 4.74. The monoisotopic (exact) mass is 340 g/mol. The molecule has 0 saturated carbocycles. The molecule has 0 fully saturated rings. The van der Waals surface area contributed by atoms with Crippen LogP contribution in [0.2, 0.25) is 0 Å². The third kappa shape index (κ3) is 1.98. The maximum atomic E-state index is 6.05. The molecule has 4 rings (SSSR count). The first-order valence-electron chi connectivity index (χ1n) is 6.91. The molecule has 3 nitrogen and oxygen atoms in total. The first-order valence-corrected chi connectivity index (χ1v) is 7.70. The molecule has 21 heavy (non-hydrogen) atoms. The largest absolute Gasteiger partial charge is 0.454 e. The van der Waals surface area contributed by atoms with Gasteiger partial charge in [0.1, 0.15) is 16.9 Å². The van der Waals surface area contributed by atoms with Crippen LogP contribution < -0.4 is 0 Å². The normalized spacial score (nSPS) is 11.5. The molecule has 0 bridgehead atoms. The minimum Gasteiger partial charge on any atom is -0.454 e. The van der Waals surface area contributed by atoms with Gasteiger partial charge in [-0.15, -0.1) is 0 Å². The van der Waals surface area contributed by atoms with E-state index in [9.17, 15) is 0 Å². The van der Waals surface area contributed by atoms with E-state index in [2.05, 4.69) is 33.9 Å². The van der Waals surface area contributed by atoms with Gasteiger partial charge in [-0.1, -0.05) is 25.1 Å². The maximum absolute atomic E-state index is 6.05. The molecule has 4 heteroatoms. The number of halogens is 1. The van der Waals surface area contributed by atoms with E-state index in [1.54, 1.807) is 0 Å². The van der Waals surface area contributed by atoms with Crippen molar-refractivity contribution in [2.75, 3.05) is 0 Å². The highest BCUT2D eigenvalue weighted by atomic mass is 79.9. The van der Waals surface area contributed by atoms with Gasteiger partial charge in [0.25, 0.3) is 0 Å². The summed E-state index contributed by atoms with van der Waals surface area (Å²) in [5.74, 6) is 0.874. The molecule has 0 atom stereocenters. The van der Waals surface area contributed by atoms with E-state index in [-0.39, 0.29) is 0 Å². The zero-order valence-electron chi connectivity index (χ0n) is 11.5. The average Bonchev–Trinajstić information content (AvgIpc) is 3.06. The molecule has 0 radical (unpaired) electrons. The van der Waals surface area contributed by atoms with E-state index in [4.69, 9.17) is 4.42 Å². The van der Waals surface area contributed by atoms with Crippen LogP contribution in [-0.2, 0) is 6.42 Å². The van der Waals surface area contributed by atoms with Crippen molar-refractivity contribution in [3.63, 3.8) is 0 Å². The summed E-state index contributed by atoms with van der Waals surface area (Å²) in [6, 6.07) is 12.1. The standard InChI is InChI=1S/C17H13BrN2O/c1-2-12-13-5-3-4-6-15(13)21-17(12)14-10-20-9-11(18)7-8-16(20)19-14/h3-10H,2H2,1H3. The number of rotatable bonds is 2. The Morgan fingerprint density at radius 3 is 2.86 bits per heavy atom. The fraction of sp³-hybridized carbons (Fsp3) is 0.118. The minimum atomic E-state index is 0.874. The van der Waals surface area contributed by atoms with Crippen molar-refractivity contribution >= 4 is 32.5 Å². The molecule has 0 aliphatic heterocycles. The lowest BCUT2D eigenvalue weighted by atomic mass is 10.1. The highest BCUT2D eigenvalue weighted by Gasteiger charge is 2.16. The number of nitrogens with zero attached hydrogens (tertiary/aromatic N) is 2. The van der Waals surface area contributed by atoms with Crippen LogP contribution in [0.4, 0.5) is 0 Å². The molecule has 0 unspecified atom stereocenters. The molecule has 0 spiro atoms. The number of benzene rings is 1. The van der Waals surface area contributed by atoms with Crippen molar-refractivity contribution in [1.82, 2.24) is 9.38 Å². The third-order valence-corrected chi connectivity index (χ3v) is 4.17. The number of hydrogen-bond acceptors (Lipinski definition) is 2. The Bertz CT molecular complexity index is 952. The van der Waals surface area contributed by atoms with Crippen LogP contribution >= 0.6 is 15.9 Å². The lowest BCUT2D eigenvalue weighted by molar-refractivity contribution is 0.625. The molecule has 0 amide bonds. The van der Waals surface area contributed by atoms with Gasteiger partial charge in [0, 0.05) is 27.8 Å². The van der Waals surface area contributed by atoms with Crippen LogP contribution in [0.5, 0.6) is 0 Å².